The summed E-state index contributed by atoms with van der Waals surface area (Å²) in [6, 6.07) is 11.8. The lowest BCUT2D eigenvalue weighted by Gasteiger charge is -2.35. The zero-order chi connectivity index (χ0) is 19.8. The molecule has 4 rings (SSSR count). The number of hydrogen-bond donors (Lipinski definition) is 0. The highest BCUT2D eigenvalue weighted by atomic mass is 16.7. The van der Waals surface area contributed by atoms with E-state index in [0.29, 0.717) is 6.42 Å². The van der Waals surface area contributed by atoms with E-state index in [1.54, 1.807) is 0 Å². The molecule has 146 valence electrons. The summed E-state index contributed by atoms with van der Waals surface area (Å²) in [4.78, 5) is 30.6. The van der Waals surface area contributed by atoms with Crippen molar-refractivity contribution >= 4 is 11.9 Å². The lowest BCUT2D eigenvalue weighted by atomic mass is 9.96. The summed E-state index contributed by atoms with van der Waals surface area (Å²) in [6.07, 6.45) is 1.39. The molecule has 1 amide bonds. The molecular weight excluding hydrogens is 354 g/mol. The van der Waals surface area contributed by atoms with Gasteiger partial charge in [-0.25, -0.2) is 4.79 Å². The highest BCUT2D eigenvalue weighted by Crippen LogP contribution is 2.40. The minimum absolute atomic E-state index is 0.0569. The largest absolute Gasteiger partial charge is 0.365 e. The fourth-order valence-electron chi connectivity index (χ4n) is 4.46. The van der Waals surface area contributed by atoms with E-state index in [2.05, 4.69) is 32.9 Å². The number of aryl methyl sites for hydroxylation is 3. The number of morpholine rings is 1. The summed E-state index contributed by atoms with van der Waals surface area (Å²) < 4.78 is 5.70. The second kappa shape index (κ2) is 7.40. The molecule has 5 nitrogen and oxygen atoms in total. The maximum atomic E-state index is 12.6. The quantitative estimate of drug-likeness (QED) is 0.816. The third-order valence-electron chi connectivity index (χ3n) is 5.69. The van der Waals surface area contributed by atoms with Crippen LogP contribution in [0.1, 0.15) is 45.8 Å². The van der Waals surface area contributed by atoms with Crippen molar-refractivity contribution in [2.75, 3.05) is 6.61 Å². The predicted octanol–water partition coefficient (Wildman–Crippen LogP) is 3.53. The van der Waals surface area contributed by atoms with Crippen molar-refractivity contribution in [3.8, 4) is 0 Å². The summed E-state index contributed by atoms with van der Waals surface area (Å²) in [5.74, 6) is -0.702. The topological polar surface area (TPSA) is 55.8 Å². The molecule has 0 N–H and O–H groups in total. The fourth-order valence-corrected chi connectivity index (χ4v) is 4.46. The molecule has 1 aliphatic carbocycles. The Morgan fingerprint density at radius 2 is 1.89 bits per heavy atom. The lowest BCUT2D eigenvalue weighted by Crippen LogP contribution is -2.48. The lowest BCUT2D eigenvalue weighted by molar-refractivity contribution is -0.233. The molecule has 2 atom stereocenters. The van der Waals surface area contributed by atoms with Gasteiger partial charge in [0.15, 0.2) is 0 Å². The van der Waals surface area contributed by atoms with Gasteiger partial charge in [-0.2, -0.15) is 5.06 Å². The zero-order valence-electron chi connectivity index (χ0n) is 16.5. The molecule has 1 unspecified atom stereocenters. The number of nitrogens with zero attached hydrogens (tertiary/aromatic N) is 1. The summed E-state index contributed by atoms with van der Waals surface area (Å²) in [7, 11) is 0. The van der Waals surface area contributed by atoms with Crippen molar-refractivity contribution in [1.29, 1.82) is 0 Å². The van der Waals surface area contributed by atoms with Crippen LogP contribution >= 0.6 is 0 Å². The average Bonchev–Trinajstić information content (AvgIpc) is 3.02. The van der Waals surface area contributed by atoms with E-state index in [1.807, 2.05) is 24.3 Å². The Hall–Kier alpha value is -2.66. The van der Waals surface area contributed by atoms with E-state index in [4.69, 9.17) is 9.57 Å². The van der Waals surface area contributed by atoms with Gasteiger partial charge in [0.05, 0.1) is 12.5 Å². The van der Waals surface area contributed by atoms with Crippen molar-refractivity contribution in [1.82, 2.24) is 5.06 Å². The van der Waals surface area contributed by atoms with Gasteiger partial charge in [0.25, 0.3) is 5.91 Å². The van der Waals surface area contributed by atoms with Crippen LogP contribution < -0.4 is 0 Å². The van der Waals surface area contributed by atoms with Crippen LogP contribution in [0.15, 0.2) is 36.4 Å². The smallest absolute Gasteiger partial charge is 0.332 e. The Morgan fingerprint density at radius 3 is 2.64 bits per heavy atom. The molecule has 0 aromatic heterocycles. The SMILES string of the molecule is Cc1cc(C)c(CCC(=O)ON2C(=O)CO[C@H]3Cc4ccccc4C32)c(C)c1. The standard InChI is InChI=1S/C23H25NO4/c1-14-10-15(2)18(16(3)11-14)8-9-22(26)28-24-21(25)13-27-20-12-17-6-4-5-7-19(17)23(20)24/h4-7,10-11,20,23H,8-9,12-13H2,1-3H3/t20-,23?/m0/s1. The minimum atomic E-state index is -0.391. The van der Waals surface area contributed by atoms with Crippen LogP contribution in [0.5, 0.6) is 0 Å². The molecule has 1 heterocycles. The Morgan fingerprint density at radius 1 is 1.18 bits per heavy atom. The van der Waals surface area contributed by atoms with E-state index >= 15 is 0 Å². The molecule has 5 heteroatoms. The Bertz CT molecular complexity index is 913. The van der Waals surface area contributed by atoms with Gasteiger partial charge < -0.3 is 9.57 Å². The van der Waals surface area contributed by atoms with Gasteiger partial charge in [0, 0.05) is 6.42 Å². The van der Waals surface area contributed by atoms with E-state index in [9.17, 15) is 9.59 Å². The molecule has 0 spiro atoms. The van der Waals surface area contributed by atoms with Crippen molar-refractivity contribution < 1.29 is 19.2 Å². The first-order valence-corrected chi connectivity index (χ1v) is 9.73. The van der Waals surface area contributed by atoms with Gasteiger partial charge in [-0.15, -0.1) is 0 Å². The first kappa shape index (κ1) is 18.7. The molecular formula is C23H25NO4. The van der Waals surface area contributed by atoms with Gasteiger partial charge in [-0.1, -0.05) is 42.0 Å². The van der Waals surface area contributed by atoms with E-state index in [-0.39, 0.29) is 31.1 Å². The summed E-state index contributed by atoms with van der Waals surface area (Å²) >= 11 is 0. The van der Waals surface area contributed by atoms with E-state index < -0.39 is 5.97 Å². The first-order chi connectivity index (χ1) is 13.4. The van der Waals surface area contributed by atoms with Crippen LogP contribution in [-0.4, -0.2) is 29.7 Å². The van der Waals surface area contributed by atoms with Crippen LogP contribution in [0, 0.1) is 20.8 Å². The number of benzene rings is 2. The number of carbonyl (C=O) groups excluding carboxylic acids is 2. The Balaban J connectivity index is 1.47. The van der Waals surface area contributed by atoms with Crippen LogP contribution in [0.4, 0.5) is 0 Å². The van der Waals surface area contributed by atoms with Crippen LogP contribution in [0.25, 0.3) is 0 Å². The molecule has 1 aliphatic heterocycles. The fraction of sp³-hybridized carbons (Fsp3) is 0.391. The molecule has 2 aromatic carbocycles. The summed E-state index contributed by atoms with van der Waals surface area (Å²) in [5, 5.41) is 1.25. The van der Waals surface area contributed by atoms with Crippen LogP contribution in [-0.2, 0) is 32.0 Å². The normalized spacial score (nSPS) is 20.7. The van der Waals surface area contributed by atoms with Crippen molar-refractivity contribution in [2.45, 2.75) is 52.2 Å². The zero-order valence-corrected chi connectivity index (χ0v) is 16.5. The van der Waals surface area contributed by atoms with Gasteiger partial charge in [-0.05, 0) is 55.0 Å². The van der Waals surface area contributed by atoms with Crippen molar-refractivity contribution in [2.24, 2.45) is 0 Å². The molecule has 0 saturated carbocycles. The van der Waals surface area contributed by atoms with Crippen molar-refractivity contribution in [3.63, 3.8) is 0 Å². The first-order valence-electron chi connectivity index (χ1n) is 9.73. The predicted molar refractivity (Wildman–Crippen MR) is 105 cm³/mol. The highest BCUT2D eigenvalue weighted by molar-refractivity contribution is 5.80. The molecule has 1 fully saturated rings. The molecule has 28 heavy (non-hydrogen) atoms. The number of hydroxylamine groups is 2. The number of ether oxygens (including phenoxy) is 1. The number of hydrogen-bond acceptors (Lipinski definition) is 4. The highest BCUT2D eigenvalue weighted by Gasteiger charge is 2.45. The van der Waals surface area contributed by atoms with E-state index in [1.165, 1.54) is 27.3 Å². The minimum Gasteiger partial charge on any atom is -0.365 e. The van der Waals surface area contributed by atoms with Crippen molar-refractivity contribution in [3.05, 3.63) is 69.8 Å². The second-order valence-corrected chi connectivity index (χ2v) is 7.76. The molecule has 1 saturated heterocycles. The van der Waals surface area contributed by atoms with Gasteiger partial charge in [0.2, 0.25) is 0 Å². The van der Waals surface area contributed by atoms with Crippen LogP contribution in [0.2, 0.25) is 0 Å². The number of rotatable bonds is 4. The summed E-state index contributed by atoms with van der Waals surface area (Å²) in [6.45, 7) is 6.13. The number of carbonyl (C=O) groups is 2. The molecule has 2 aliphatic rings. The maximum absolute atomic E-state index is 12.6. The van der Waals surface area contributed by atoms with Crippen LogP contribution in [0.3, 0.4) is 0 Å². The number of amides is 1. The summed E-state index contributed by atoms with van der Waals surface area (Å²) in [5.41, 5.74) is 6.87. The average molecular weight is 379 g/mol. The molecule has 0 radical (unpaired) electrons. The van der Waals surface area contributed by atoms with E-state index in [0.717, 1.165) is 17.5 Å². The van der Waals surface area contributed by atoms with Gasteiger partial charge in [-0.3, -0.25) is 4.79 Å². The Labute approximate surface area is 165 Å². The second-order valence-electron chi connectivity index (χ2n) is 7.76. The third-order valence-corrected chi connectivity index (χ3v) is 5.69. The third kappa shape index (κ3) is 3.42. The number of fused-ring (bicyclic) bond motifs is 3. The van der Waals surface area contributed by atoms with Gasteiger partial charge in [0.1, 0.15) is 12.6 Å². The Kier molecular flexibility index (Phi) is 4.94. The van der Waals surface area contributed by atoms with Gasteiger partial charge >= 0.3 is 5.97 Å². The molecule has 0 bridgehead atoms. The maximum Gasteiger partial charge on any atom is 0.332 e. The molecule has 2 aromatic rings. The monoisotopic (exact) mass is 379 g/mol.